The number of aromatic nitrogens is 1. The van der Waals surface area contributed by atoms with Crippen molar-refractivity contribution in [3.8, 4) is 5.69 Å². The van der Waals surface area contributed by atoms with Gasteiger partial charge >= 0.3 is 0 Å². The maximum absolute atomic E-state index is 3.61. The summed E-state index contributed by atoms with van der Waals surface area (Å²) in [6.07, 6.45) is 12.7. The van der Waals surface area contributed by atoms with Gasteiger partial charge in [-0.25, -0.2) is 0 Å². The van der Waals surface area contributed by atoms with Crippen molar-refractivity contribution >= 4 is 33.2 Å². The lowest BCUT2D eigenvalue weighted by Crippen LogP contribution is -2.00. The van der Waals surface area contributed by atoms with E-state index in [9.17, 15) is 0 Å². The highest BCUT2D eigenvalue weighted by molar-refractivity contribution is 6.10. The van der Waals surface area contributed by atoms with Crippen LogP contribution in [0.4, 0.5) is 11.4 Å². The molecule has 4 aromatic carbocycles. The summed E-state index contributed by atoms with van der Waals surface area (Å²) >= 11 is 0. The van der Waals surface area contributed by atoms with Gasteiger partial charge in [0.25, 0.3) is 0 Å². The summed E-state index contributed by atoms with van der Waals surface area (Å²) in [5.41, 5.74) is 9.02. The minimum atomic E-state index is 1.11. The number of anilines is 2. The van der Waals surface area contributed by atoms with Crippen LogP contribution in [-0.2, 0) is 12.8 Å². The molecule has 0 radical (unpaired) electrons. The van der Waals surface area contributed by atoms with Gasteiger partial charge in [0, 0.05) is 27.8 Å². The molecule has 2 heteroatoms. The average Bonchev–Trinajstić information content (AvgIpc) is 3.28. The maximum atomic E-state index is 3.61. The second-order valence-electron chi connectivity index (χ2n) is 10.7. The van der Waals surface area contributed by atoms with Gasteiger partial charge in [-0.15, -0.1) is 0 Å². The zero-order valence-electron chi connectivity index (χ0n) is 23.2. The van der Waals surface area contributed by atoms with Gasteiger partial charge in [-0.1, -0.05) is 101 Å². The summed E-state index contributed by atoms with van der Waals surface area (Å²) in [6, 6.07) is 33.5. The highest BCUT2D eigenvalue weighted by atomic mass is 15.0. The third-order valence-electron chi connectivity index (χ3n) is 7.67. The van der Waals surface area contributed by atoms with Crippen LogP contribution in [0, 0.1) is 0 Å². The highest BCUT2D eigenvalue weighted by Crippen LogP contribution is 2.35. The summed E-state index contributed by atoms with van der Waals surface area (Å²) < 4.78 is 2.49. The van der Waals surface area contributed by atoms with E-state index >= 15 is 0 Å². The van der Waals surface area contributed by atoms with E-state index in [4.69, 9.17) is 0 Å². The number of rotatable bonds is 13. The number of hydrogen-bond acceptors (Lipinski definition) is 1. The first-order valence-electron chi connectivity index (χ1n) is 14.8. The topological polar surface area (TPSA) is 17.0 Å². The first-order chi connectivity index (χ1) is 18.8. The molecule has 0 unspecified atom stereocenters. The molecule has 0 fully saturated rings. The molecule has 0 amide bonds. The summed E-state index contributed by atoms with van der Waals surface area (Å²) in [5.74, 6) is 0. The molecule has 1 aromatic heterocycles. The molecule has 0 bridgehead atoms. The third-order valence-corrected chi connectivity index (χ3v) is 7.67. The summed E-state index contributed by atoms with van der Waals surface area (Å²) in [4.78, 5) is 0. The molecule has 0 aliphatic rings. The number of benzene rings is 4. The van der Waals surface area contributed by atoms with Crippen molar-refractivity contribution in [3.05, 3.63) is 102 Å². The minimum Gasteiger partial charge on any atom is -0.355 e. The molecule has 0 saturated heterocycles. The molecular weight excluding hydrogens is 460 g/mol. The molecule has 0 aliphatic carbocycles. The number of fused-ring (bicyclic) bond motifs is 3. The van der Waals surface area contributed by atoms with Gasteiger partial charge < -0.3 is 9.88 Å². The molecular formula is C36H42N2. The van der Waals surface area contributed by atoms with Crippen LogP contribution >= 0.6 is 0 Å². The van der Waals surface area contributed by atoms with Gasteiger partial charge in [0.15, 0.2) is 0 Å². The van der Waals surface area contributed by atoms with Crippen molar-refractivity contribution in [2.75, 3.05) is 5.32 Å². The van der Waals surface area contributed by atoms with Crippen molar-refractivity contribution in [2.45, 2.75) is 78.1 Å². The van der Waals surface area contributed by atoms with Gasteiger partial charge in [0.05, 0.1) is 11.0 Å². The third kappa shape index (κ3) is 6.13. The van der Waals surface area contributed by atoms with Crippen LogP contribution in [0.15, 0.2) is 91.0 Å². The Morgan fingerprint density at radius 2 is 1.16 bits per heavy atom. The second kappa shape index (κ2) is 12.8. The zero-order chi connectivity index (χ0) is 26.2. The Bertz CT molecular complexity index is 1430. The fourth-order valence-corrected chi connectivity index (χ4v) is 5.69. The number of aryl methyl sites for hydroxylation is 2. The Morgan fingerprint density at radius 1 is 0.526 bits per heavy atom. The van der Waals surface area contributed by atoms with E-state index in [1.807, 2.05) is 0 Å². The van der Waals surface area contributed by atoms with Crippen molar-refractivity contribution < 1.29 is 0 Å². The molecule has 2 nitrogen and oxygen atoms in total. The first kappa shape index (κ1) is 26.1. The highest BCUT2D eigenvalue weighted by Gasteiger charge is 2.14. The van der Waals surface area contributed by atoms with Gasteiger partial charge in [-0.2, -0.15) is 0 Å². The van der Waals surface area contributed by atoms with Gasteiger partial charge in [0.1, 0.15) is 0 Å². The minimum absolute atomic E-state index is 1.11. The second-order valence-corrected chi connectivity index (χ2v) is 10.7. The number of unbranched alkanes of at least 4 members (excludes halogenated alkanes) is 6. The van der Waals surface area contributed by atoms with Crippen molar-refractivity contribution in [2.24, 2.45) is 0 Å². The van der Waals surface area contributed by atoms with Crippen LogP contribution in [-0.4, -0.2) is 4.57 Å². The van der Waals surface area contributed by atoms with E-state index in [1.54, 1.807) is 0 Å². The molecule has 5 rings (SSSR count). The predicted molar refractivity (Wildman–Crippen MR) is 166 cm³/mol. The summed E-state index contributed by atoms with van der Waals surface area (Å²) in [6.45, 7) is 4.58. The monoisotopic (exact) mass is 502 g/mol. The van der Waals surface area contributed by atoms with Gasteiger partial charge in [-0.3, -0.25) is 0 Å². The molecule has 1 heterocycles. The quantitative estimate of drug-likeness (QED) is 0.158. The summed E-state index contributed by atoms with van der Waals surface area (Å²) in [7, 11) is 0. The van der Waals surface area contributed by atoms with Crippen LogP contribution in [0.2, 0.25) is 0 Å². The first-order valence-corrected chi connectivity index (χ1v) is 14.8. The number of para-hydroxylation sites is 2. The number of nitrogens with one attached hydrogen (secondary N) is 1. The van der Waals surface area contributed by atoms with Crippen LogP contribution in [0.5, 0.6) is 0 Å². The van der Waals surface area contributed by atoms with Crippen molar-refractivity contribution in [3.63, 3.8) is 0 Å². The lowest BCUT2D eigenvalue weighted by Gasteiger charge is -2.14. The van der Waals surface area contributed by atoms with E-state index < -0.39 is 0 Å². The van der Waals surface area contributed by atoms with E-state index in [-0.39, 0.29) is 0 Å². The maximum Gasteiger partial charge on any atom is 0.0561 e. The Kier molecular flexibility index (Phi) is 8.81. The SMILES string of the molecule is CCCCCCc1cc(CCCCCC)cc(-n2c3ccccc3c3ccc(Nc4ccccc4)cc32)c1. The van der Waals surface area contributed by atoms with Gasteiger partial charge in [-0.05, 0) is 79.3 Å². The molecule has 196 valence electrons. The zero-order valence-corrected chi connectivity index (χ0v) is 23.2. The lowest BCUT2D eigenvalue weighted by atomic mass is 9.99. The molecule has 38 heavy (non-hydrogen) atoms. The molecule has 1 N–H and O–H groups in total. The standard InChI is InChI=1S/C36H42N2/c1-3-5-7-10-16-28-24-29(17-11-8-6-4-2)26-32(25-28)38-35-21-15-14-20-33(35)34-23-22-31(27-36(34)38)37-30-18-12-9-13-19-30/h9,12-15,18-27,37H,3-8,10-11,16-17H2,1-2H3. The Labute approximate surface area is 228 Å². The fourth-order valence-electron chi connectivity index (χ4n) is 5.69. The predicted octanol–water partition coefficient (Wildman–Crippen LogP) is 10.8. The molecule has 0 aliphatic heterocycles. The molecule has 5 aromatic rings. The molecule has 0 spiro atoms. The van der Waals surface area contributed by atoms with E-state index in [0.717, 1.165) is 24.2 Å². The van der Waals surface area contributed by atoms with Crippen molar-refractivity contribution in [1.82, 2.24) is 4.57 Å². The van der Waals surface area contributed by atoms with E-state index in [2.05, 4.69) is 115 Å². The van der Waals surface area contributed by atoms with Gasteiger partial charge in [0.2, 0.25) is 0 Å². The van der Waals surface area contributed by atoms with Crippen LogP contribution < -0.4 is 5.32 Å². The Morgan fingerprint density at radius 3 is 1.84 bits per heavy atom. The van der Waals surface area contributed by atoms with Crippen molar-refractivity contribution in [1.29, 1.82) is 0 Å². The average molecular weight is 503 g/mol. The van der Waals surface area contributed by atoms with Crippen LogP contribution in [0.25, 0.3) is 27.5 Å². The molecule has 0 atom stereocenters. The largest absolute Gasteiger partial charge is 0.355 e. The number of nitrogens with zero attached hydrogens (tertiary/aromatic N) is 1. The lowest BCUT2D eigenvalue weighted by molar-refractivity contribution is 0.661. The van der Waals surface area contributed by atoms with E-state index in [1.165, 1.54) is 90.0 Å². The fraction of sp³-hybridized carbons (Fsp3) is 0.333. The Balaban J connectivity index is 1.58. The smallest absolute Gasteiger partial charge is 0.0561 e. The molecule has 0 saturated carbocycles. The number of hydrogen-bond donors (Lipinski definition) is 1. The van der Waals surface area contributed by atoms with Crippen LogP contribution in [0.1, 0.15) is 76.3 Å². The Hall–Kier alpha value is -3.52. The normalized spacial score (nSPS) is 11.4. The van der Waals surface area contributed by atoms with Crippen LogP contribution in [0.3, 0.4) is 0 Å². The van der Waals surface area contributed by atoms with E-state index in [0.29, 0.717) is 0 Å². The summed E-state index contributed by atoms with van der Waals surface area (Å²) in [5, 5.41) is 6.22.